The summed E-state index contributed by atoms with van der Waals surface area (Å²) in [5.74, 6) is 0.673. The molecule has 5 rings (SSSR count). The molecular formula is C22H29N5O2. The molecular weight excluding hydrogens is 366 g/mol. The number of carbonyl (C=O) groups is 2. The van der Waals surface area contributed by atoms with Gasteiger partial charge in [-0.2, -0.15) is 0 Å². The van der Waals surface area contributed by atoms with Gasteiger partial charge in [-0.25, -0.2) is 4.98 Å². The second-order valence-corrected chi connectivity index (χ2v) is 8.94. The Morgan fingerprint density at radius 1 is 1.24 bits per heavy atom. The number of amides is 1. The van der Waals surface area contributed by atoms with Crippen LogP contribution in [0.25, 0.3) is 0 Å². The van der Waals surface area contributed by atoms with Crippen LogP contribution in [0, 0.1) is 5.92 Å². The molecule has 4 heterocycles. The first kappa shape index (κ1) is 18.6. The number of hydrogen-bond donors (Lipinski definition) is 1. The molecule has 2 fully saturated rings. The number of fused-ring (bicyclic) bond motifs is 2. The number of aromatic amines is 1. The first-order valence-corrected chi connectivity index (χ1v) is 10.7. The van der Waals surface area contributed by atoms with Crippen molar-refractivity contribution in [3.8, 4) is 0 Å². The van der Waals surface area contributed by atoms with Crippen molar-refractivity contribution in [1.82, 2.24) is 24.3 Å². The SMILES string of the molecule is CC(=O)c1cc(CN2CCC3(CC2)c2nc[nH]c2CCN3C(=O)C2CC2)n(C)c1. The Morgan fingerprint density at radius 2 is 2.00 bits per heavy atom. The van der Waals surface area contributed by atoms with E-state index < -0.39 is 0 Å². The van der Waals surface area contributed by atoms with Gasteiger partial charge in [-0.1, -0.05) is 0 Å². The normalized spacial score (nSPS) is 21.4. The maximum absolute atomic E-state index is 13.1. The second kappa shape index (κ2) is 6.83. The predicted molar refractivity (Wildman–Crippen MR) is 108 cm³/mol. The molecule has 29 heavy (non-hydrogen) atoms. The molecule has 7 nitrogen and oxygen atoms in total. The zero-order valence-electron chi connectivity index (χ0n) is 17.3. The van der Waals surface area contributed by atoms with Crippen molar-refractivity contribution in [1.29, 1.82) is 0 Å². The van der Waals surface area contributed by atoms with Gasteiger partial charge in [-0.05, 0) is 38.7 Å². The number of rotatable bonds is 4. The molecule has 1 saturated carbocycles. The van der Waals surface area contributed by atoms with Crippen LogP contribution in [0.3, 0.4) is 0 Å². The average Bonchev–Trinajstić information content (AvgIpc) is 3.33. The van der Waals surface area contributed by atoms with Gasteiger partial charge in [0.25, 0.3) is 0 Å². The molecule has 0 bridgehead atoms. The molecule has 0 aromatic carbocycles. The number of hydrogen-bond acceptors (Lipinski definition) is 4. The van der Waals surface area contributed by atoms with E-state index in [4.69, 9.17) is 0 Å². The van der Waals surface area contributed by atoms with Crippen LogP contribution in [-0.4, -0.2) is 55.7 Å². The molecule has 0 atom stereocenters. The fourth-order valence-corrected chi connectivity index (χ4v) is 5.13. The van der Waals surface area contributed by atoms with Crippen molar-refractivity contribution in [2.24, 2.45) is 13.0 Å². The number of Topliss-reactive ketones (excluding diaryl/α,β-unsaturated/α-hetero) is 1. The summed E-state index contributed by atoms with van der Waals surface area (Å²) in [5.41, 5.74) is 3.96. The number of carbonyl (C=O) groups excluding carboxylic acids is 2. The predicted octanol–water partition coefficient (Wildman–Crippen LogP) is 2.24. The Balaban J connectivity index is 1.36. The van der Waals surface area contributed by atoms with Crippen LogP contribution >= 0.6 is 0 Å². The van der Waals surface area contributed by atoms with Crippen molar-refractivity contribution in [2.45, 2.75) is 51.1 Å². The van der Waals surface area contributed by atoms with Crippen LogP contribution in [0.5, 0.6) is 0 Å². The van der Waals surface area contributed by atoms with Gasteiger partial charge >= 0.3 is 0 Å². The topological polar surface area (TPSA) is 74.2 Å². The Hall–Kier alpha value is -2.41. The average molecular weight is 396 g/mol. The Bertz CT molecular complexity index is 946. The molecule has 1 N–H and O–H groups in total. The highest BCUT2D eigenvalue weighted by molar-refractivity contribution is 5.94. The van der Waals surface area contributed by atoms with Crippen LogP contribution in [0.4, 0.5) is 0 Å². The summed E-state index contributed by atoms with van der Waals surface area (Å²) in [6.07, 6.45) is 8.47. The minimum Gasteiger partial charge on any atom is -0.353 e. The Labute approximate surface area is 171 Å². The van der Waals surface area contributed by atoms with Gasteiger partial charge in [0.15, 0.2) is 5.78 Å². The van der Waals surface area contributed by atoms with Gasteiger partial charge in [0.1, 0.15) is 0 Å². The van der Waals surface area contributed by atoms with Crippen LogP contribution in [-0.2, 0) is 30.3 Å². The van der Waals surface area contributed by atoms with E-state index in [2.05, 4.69) is 24.3 Å². The molecule has 2 aromatic rings. The van der Waals surface area contributed by atoms with E-state index >= 15 is 0 Å². The lowest BCUT2D eigenvalue weighted by molar-refractivity contribution is -0.143. The van der Waals surface area contributed by atoms with Crippen molar-refractivity contribution in [2.75, 3.05) is 19.6 Å². The van der Waals surface area contributed by atoms with Crippen molar-refractivity contribution in [3.63, 3.8) is 0 Å². The van der Waals surface area contributed by atoms with Gasteiger partial charge in [-0.15, -0.1) is 0 Å². The van der Waals surface area contributed by atoms with E-state index in [0.717, 1.165) is 75.2 Å². The van der Waals surface area contributed by atoms with Gasteiger partial charge in [0, 0.05) is 68.7 Å². The minimum absolute atomic E-state index is 0.104. The molecule has 1 spiro atoms. The molecule has 1 amide bonds. The Kier molecular flexibility index (Phi) is 4.38. The van der Waals surface area contributed by atoms with E-state index in [1.165, 1.54) is 5.69 Å². The van der Waals surface area contributed by atoms with Gasteiger partial charge < -0.3 is 14.5 Å². The number of aromatic nitrogens is 3. The maximum atomic E-state index is 13.1. The molecule has 1 saturated heterocycles. The monoisotopic (exact) mass is 395 g/mol. The van der Waals surface area contributed by atoms with Gasteiger partial charge in [-0.3, -0.25) is 14.5 Å². The first-order chi connectivity index (χ1) is 14.0. The summed E-state index contributed by atoms with van der Waals surface area (Å²) in [5, 5.41) is 0. The van der Waals surface area contributed by atoms with E-state index in [-0.39, 0.29) is 17.2 Å². The lowest BCUT2D eigenvalue weighted by Gasteiger charge is -2.50. The maximum Gasteiger partial charge on any atom is 0.226 e. The third-order valence-corrected chi connectivity index (χ3v) is 7.04. The van der Waals surface area contributed by atoms with Crippen molar-refractivity contribution >= 4 is 11.7 Å². The van der Waals surface area contributed by atoms with Crippen molar-refractivity contribution in [3.05, 3.63) is 41.2 Å². The van der Waals surface area contributed by atoms with E-state index in [1.807, 2.05) is 19.3 Å². The fourth-order valence-electron chi connectivity index (χ4n) is 5.13. The van der Waals surface area contributed by atoms with Crippen LogP contribution in [0.2, 0.25) is 0 Å². The number of nitrogens with zero attached hydrogens (tertiary/aromatic N) is 4. The smallest absolute Gasteiger partial charge is 0.226 e. The number of likely N-dealkylation sites (tertiary alicyclic amines) is 1. The second-order valence-electron chi connectivity index (χ2n) is 8.94. The highest BCUT2D eigenvalue weighted by Gasteiger charge is 2.50. The van der Waals surface area contributed by atoms with E-state index in [0.29, 0.717) is 5.91 Å². The van der Waals surface area contributed by atoms with Gasteiger partial charge in [0.05, 0.1) is 17.6 Å². The zero-order chi connectivity index (χ0) is 20.2. The Morgan fingerprint density at radius 3 is 2.66 bits per heavy atom. The molecule has 2 aromatic heterocycles. The highest BCUT2D eigenvalue weighted by atomic mass is 16.2. The molecule has 1 aliphatic carbocycles. The first-order valence-electron chi connectivity index (χ1n) is 10.7. The largest absolute Gasteiger partial charge is 0.353 e. The molecule has 7 heteroatoms. The van der Waals surface area contributed by atoms with Crippen LogP contribution in [0.1, 0.15) is 60.0 Å². The quantitative estimate of drug-likeness (QED) is 0.806. The standard InChI is InChI=1S/C22H29N5O2/c1-15(28)17-11-18(25(2)12-17)13-26-9-6-22(7-10-26)20-19(23-14-24-20)5-8-27(22)21(29)16-3-4-16/h11-12,14,16H,3-10,13H2,1-2H3,(H,23,24). The number of nitrogens with one attached hydrogen (secondary N) is 1. The number of aryl methyl sites for hydroxylation is 1. The number of piperidine rings is 1. The summed E-state index contributed by atoms with van der Waals surface area (Å²) in [6, 6.07) is 2.00. The highest BCUT2D eigenvalue weighted by Crippen LogP contribution is 2.45. The third kappa shape index (κ3) is 3.12. The summed E-state index contributed by atoms with van der Waals surface area (Å²) in [6.45, 7) is 5.07. The molecule has 154 valence electrons. The summed E-state index contributed by atoms with van der Waals surface area (Å²) in [7, 11) is 2.00. The fraction of sp³-hybridized carbons (Fsp3) is 0.591. The molecule has 0 unspecified atom stereocenters. The third-order valence-electron chi connectivity index (χ3n) is 7.04. The van der Waals surface area contributed by atoms with Crippen LogP contribution < -0.4 is 0 Å². The van der Waals surface area contributed by atoms with Crippen molar-refractivity contribution < 1.29 is 9.59 Å². The van der Waals surface area contributed by atoms with Crippen LogP contribution in [0.15, 0.2) is 18.6 Å². The number of imidazole rings is 1. The zero-order valence-corrected chi connectivity index (χ0v) is 17.3. The lowest BCUT2D eigenvalue weighted by atomic mass is 9.78. The van der Waals surface area contributed by atoms with E-state index in [9.17, 15) is 9.59 Å². The molecule has 0 radical (unpaired) electrons. The summed E-state index contributed by atoms with van der Waals surface area (Å²) < 4.78 is 2.05. The van der Waals surface area contributed by atoms with Gasteiger partial charge in [0.2, 0.25) is 5.91 Å². The lowest BCUT2D eigenvalue weighted by Crippen LogP contribution is -2.58. The molecule has 3 aliphatic rings. The van der Waals surface area contributed by atoms with E-state index in [1.54, 1.807) is 13.3 Å². The molecule has 2 aliphatic heterocycles. The minimum atomic E-state index is -0.261. The number of H-pyrrole nitrogens is 1. The number of ketones is 1. The summed E-state index contributed by atoms with van der Waals surface area (Å²) >= 11 is 0. The summed E-state index contributed by atoms with van der Waals surface area (Å²) in [4.78, 5) is 37.4.